The first-order valence-corrected chi connectivity index (χ1v) is 11.3. The van der Waals surface area contributed by atoms with Gasteiger partial charge in [0.25, 0.3) is 0 Å². The Morgan fingerprint density at radius 1 is 1.21 bits per heavy atom. The molecule has 1 unspecified atom stereocenters. The van der Waals surface area contributed by atoms with E-state index >= 15 is 0 Å². The fraction of sp³-hybridized carbons (Fsp3) is 0.360. The number of carbonyl (C=O) groups is 1. The van der Waals surface area contributed by atoms with Crippen molar-refractivity contribution in [2.75, 3.05) is 19.8 Å². The van der Waals surface area contributed by atoms with Crippen LogP contribution in [0.25, 0.3) is 10.9 Å². The van der Waals surface area contributed by atoms with E-state index in [4.69, 9.17) is 21.4 Å². The maximum Gasteiger partial charge on any atom is 0.341 e. The number of benzene rings is 2. The smallest absolute Gasteiger partial charge is 0.341 e. The van der Waals surface area contributed by atoms with Gasteiger partial charge in [-0.1, -0.05) is 37.6 Å². The summed E-state index contributed by atoms with van der Waals surface area (Å²) >= 11 is 5.92. The minimum atomic E-state index is -1.38. The number of aromatic nitrogens is 1. The van der Waals surface area contributed by atoms with Gasteiger partial charge < -0.3 is 24.6 Å². The fourth-order valence-electron chi connectivity index (χ4n) is 3.88. The van der Waals surface area contributed by atoms with E-state index in [1.54, 1.807) is 22.8 Å². The molecule has 1 atom stereocenters. The number of fused-ring (bicyclic) bond motifs is 1. The van der Waals surface area contributed by atoms with Crippen molar-refractivity contribution in [1.29, 1.82) is 0 Å². The van der Waals surface area contributed by atoms with Gasteiger partial charge in [-0.2, -0.15) is 0 Å². The van der Waals surface area contributed by atoms with Crippen LogP contribution in [0.4, 0.5) is 4.39 Å². The van der Waals surface area contributed by atoms with E-state index in [0.29, 0.717) is 23.3 Å². The molecule has 0 spiro atoms. The molecule has 3 rings (SSSR count). The van der Waals surface area contributed by atoms with Crippen molar-refractivity contribution < 1.29 is 29.2 Å². The van der Waals surface area contributed by atoms with Gasteiger partial charge in [0.2, 0.25) is 5.43 Å². The van der Waals surface area contributed by atoms with Crippen LogP contribution in [0.3, 0.4) is 0 Å². The molecule has 3 aromatic rings. The highest BCUT2D eigenvalue weighted by molar-refractivity contribution is 6.30. The van der Waals surface area contributed by atoms with Crippen LogP contribution in [0.15, 0.2) is 41.3 Å². The molecule has 34 heavy (non-hydrogen) atoms. The molecule has 0 fully saturated rings. The van der Waals surface area contributed by atoms with Crippen LogP contribution in [0.2, 0.25) is 5.02 Å². The molecule has 0 amide bonds. The number of carboxylic acid groups (broad SMARTS) is 1. The Bertz CT molecular complexity index is 1260. The highest BCUT2D eigenvalue weighted by atomic mass is 35.5. The van der Waals surface area contributed by atoms with E-state index in [9.17, 15) is 24.2 Å². The van der Waals surface area contributed by atoms with Crippen LogP contribution in [0, 0.1) is 11.7 Å². The van der Waals surface area contributed by atoms with Crippen molar-refractivity contribution in [2.45, 2.75) is 32.7 Å². The van der Waals surface area contributed by atoms with Gasteiger partial charge in [0.15, 0.2) is 0 Å². The van der Waals surface area contributed by atoms with Crippen LogP contribution >= 0.6 is 11.6 Å². The fourth-order valence-corrected chi connectivity index (χ4v) is 4.07. The lowest BCUT2D eigenvalue weighted by molar-refractivity contribution is 0.0694. The molecule has 2 aromatic carbocycles. The maximum absolute atomic E-state index is 14.6. The third kappa shape index (κ3) is 5.24. The van der Waals surface area contributed by atoms with Crippen molar-refractivity contribution in [1.82, 2.24) is 4.57 Å². The summed E-state index contributed by atoms with van der Waals surface area (Å²) in [5.74, 6) is -1.69. The highest BCUT2D eigenvalue weighted by Gasteiger charge is 2.23. The molecule has 0 saturated heterocycles. The summed E-state index contributed by atoms with van der Waals surface area (Å²) in [5.41, 5.74) is 0.0123. The summed E-state index contributed by atoms with van der Waals surface area (Å²) < 4.78 is 22.1. The van der Waals surface area contributed by atoms with E-state index in [2.05, 4.69) is 0 Å². The molecule has 7 nitrogen and oxygen atoms in total. The number of rotatable bonds is 10. The summed E-state index contributed by atoms with van der Waals surface area (Å²) in [6, 6.07) is 7.21. The molecular formula is C25H27ClFNO6. The second kappa shape index (κ2) is 11.0. The number of hydrogen-bond donors (Lipinski definition) is 3. The molecule has 1 heterocycles. The molecule has 9 heteroatoms. The van der Waals surface area contributed by atoms with Crippen LogP contribution in [0.1, 0.15) is 47.8 Å². The normalized spacial score (nSPS) is 12.3. The number of pyridine rings is 1. The second-order valence-corrected chi connectivity index (χ2v) is 8.78. The summed E-state index contributed by atoms with van der Waals surface area (Å²) in [4.78, 5) is 24.9. The van der Waals surface area contributed by atoms with Gasteiger partial charge in [0, 0.05) is 37.1 Å². The third-order valence-corrected chi connectivity index (χ3v) is 6.02. The summed E-state index contributed by atoms with van der Waals surface area (Å²) in [5, 5.41) is 28.8. The molecule has 0 bridgehead atoms. The van der Waals surface area contributed by atoms with E-state index in [1.165, 1.54) is 18.3 Å². The van der Waals surface area contributed by atoms with Gasteiger partial charge in [0.1, 0.15) is 17.1 Å². The lowest BCUT2D eigenvalue weighted by Crippen LogP contribution is -2.25. The van der Waals surface area contributed by atoms with E-state index in [-0.39, 0.29) is 48.1 Å². The van der Waals surface area contributed by atoms with E-state index in [1.807, 2.05) is 13.8 Å². The van der Waals surface area contributed by atoms with Crippen molar-refractivity contribution in [3.63, 3.8) is 0 Å². The quantitative estimate of drug-likeness (QED) is 0.369. The molecular weight excluding hydrogens is 465 g/mol. The Morgan fingerprint density at radius 3 is 2.56 bits per heavy atom. The molecule has 0 aliphatic carbocycles. The molecule has 0 saturated carbocycles. The maximum atomic E-state index is 14.6. The first-order valence-electron chi connectivity index (χ1n) is 10.9. The SMILES string of the molecule is CC(C)C(CO)n1cc(C(=O)O)c(=O)c2cc(Cc3cccc(Cl)c3F)c(OCCCO)cc21. The number of ether oxygens (including phenoxy) is 1. The second-order valence-electron chi connectivity index (χ2n) is 8.37. The Labute approximate surface area is 201 Å². The van der Waals surface area contributed by atoms with Crippen LogP contribution in [0.5, 0.6) is 5.75 Å². The number of hydrogen-bond acceptors (Lipinski definition) is 5. The van der Waals surface area contributed by atoms with E-state index in [0.717, 1.165) is 0 Å². The Kier molecular flexibility index (Phi) is 8.30. The topological polar surface area (TPSA) is 109 Å². The van der Waals surface area contributed by atoms with E-state index < -0.39 is 28.8 Å². The standard InChI is InChI=1S/C25H27ClFNO6/c1-14(2)21(13-30)28-12-18(25(32)33)24(31)17-10-16(9-15-5-3-6-19(26)23(15)27)22(11-20(17)28)34-8-4-7-29/h3,5-6,10-12,14,21,29-30H,4,7-9,13H2,1-2H3,(H,32,33). The van der Waals surface area contributed by atoms with Gasteiger partial charge in [0.05, 0.1) is 29.8 Å². The number of aromatic carboxylic acids is 1. The molecule has 3 N–H and O–H groups in total. The van der Waals surface area contributed by atoms with Gasteiger partial charge >= 0.3 is 5.97 Å². The number of aliphatic hydroxyl groups excluding tert-OH is 2. The van der Waals surface area contributed by atoms with Gasteiger partial charge in [-0.3, -0.25) is 4.79 Å². The largest absolute Gasteiger partial charge is 0.493 e. The van der Waals surface area contributed by atoms with Gasteiger partial charge in [-0.05, 0) is 29.2 Å². The Balaban J connectivity index is 2.31. The van der Waals surface area contributed by atoms with Crippen molar-refractivity contribution in [3.8, 4) is 5.75 Å². The third-order valence-electron chi connectivity index (χ3n) is 5.73. The summed E-state index contributed by atoms with van der Waals surface area (Å²) in [7, 11) is 0. The molecule has 0 aliphatic rings. The number of aliphatic hydroxyl groups is 2. The predicted octanol–water partition coefficient (Wildman–Crippen LogP) is 4.03. The van der Waals surface area contributed by atoms with Gasteiger partial charge in [-0.25, -0.2) is 9.18 Å². The minimum Gasteiger partial charge on any atom is -0.493 e. The molecule has 0 radical (unpaired) electrons. The zero-order valence-corrected chi connectivity index (χ0v) is 19.7. The minimum absolute atomic E-state index is 0.0423. The zero-order chi connectivity index (χ0) is 25.0. The summed E-state index contributed by atoms with van der Waals surface area (Å²) in [6.45, 7) is 3.57. The first kappa shape index (κ1) is 25.7. The molecule has 0 aliphatic heterocycles. The number of nitrogens with zero attached hydrogens (tertiary/aromatic N) is 1. The molecule has 182 valence electrons. The lowest BCUT2D eigenvalue weighted by atomic mass is 9.98. The van der Waals surface area contributed by atoms with Gasteiger partial charge in [-0.15, -0.1) is 0 Å². The van der Waals surface area contributed by atoms with Crippen molar-refractivity contribution in [2.24, 2.45) is 5.92 Å². The average molecular weight is 492 g/mol. The van der Waals surface area contributed by atoms with Crippen molar-refractivity contribution >= 4 is 28.5 Å². The summed E-state index contributed by atoms with van der Waals surface area (Å²) in [6.07, 6.45) is 1.64. The predicted molar refractivity (Wildman–Crippen MR) is 128 cm³/mol. The van der Waals surface area contributed by atoms with Crippen LogP contribution < -0.4 is 10.2 Å². The van der Waals surface area contributed by atoms with Crippen LogP contribution in [-0.4, -0.2) is 45.7 Å². The van der Waals surface area contributed by atoms with Crippen molar-refractivity contribution in [3.05, 3.63) is 74.3 Å². The Hall–Kier alpha value is -2.94. The highest BCUT2D eigenvalue weighted by Crippen LogP contribution is 2.31. The molecule has 1 aromatic heterocycles. The lowest BCUT2D eigenvalue weighted by Gasteiger charge is -2.25. The monoisotopic (exact) mass is 491 g/mol. The van der Waals surface area contributed by atoms with Crippen LogP contribution in [-0.2, 0) is 6.42 Å². The number of halogens is 2. The number of carboxylic acids is 1. The average Bonchev–Trinajstić information content (AvgIpc) is 2.79. The zero-order valence-electron chi connectivity index (χ0n) is 18.9. The Morgan fingerprint density at radius 2 is 1.94 bits per heavy atom. The first-order chi connectivity index (χ1) is 16.2.